The molecular weight excluding hydrogens is 1260 g/mol. The fourth-order valence-electron chi connectivity index (χ4n) is 18.2. The van der Waals surface area contributed by atoms with Gasteiger partial charge in [0.2, 0.25) is 35.7 Å². The van der Waals surface area contributed by atoms with E-state index in [0.29, 0.717) is 26.4 Å². The van der Waals surface area contributed by atoms with E-state index >= 15 is 0 Å². The van der Waals surface area contributed by atoms with Gasteiger partial charge in [-0.05, 0) is 233 Å². The number of piperidine rings is 4. The zero-order valence-corrected chi connectivity index (χ0v) is 70.3. The molecule has 20 heteroatoms. The Labute approximate surface area is 619 Å². The molecule has 101 heavy (non-hydrogen) atoms. The minimum atomic E-state index is -0.274. The normalized spacial score (nSPS) is 21.1. The third-order valence-corrected chi connectivity index (χ3v) is 22.1. The number of unbranched alkanes of at least 4 members (excludes halogenated alkanes) is 8. The Morgan fingerprint density at radius 1 is 0.267 bits per heavy atom. The van der Waals surface area contributed by atoms with E-state index in [4.69, 9.17) is 49.3 Å². The molecule has 2 aromatic rings. The zero-order chi connectivity index (χ0) is 74.8. The zero-order valence-electron chi connectivity index (χ0n) is 70.3. The van der Waals surface area contributed by atoms with Crippen molar-refractivity contribution in [3.63, 3.8) is 0 Å². The SMILES string of the molecule is CCCCN(CCCC)c1nc(N(CCCC)CCCC)nc(N(CCCCCCN(c2nc(N(C)C3CC(C)(C)N(OCCC)C(C)(C)C3)nc(N(CCCC)C3CC(C)(C)N(OCCC)C(C)(C)C3)n2)C2CC(C)(C)N(OCCC)C(C)(C)C2)C2CC(C)(C)N(OCCC)C(C)(C)C2)n1. The second kappa shape index (κ2) is 38.3. The van der Waals surface area contributed by atoms with E-state index in [1.807, 2.05) is 0 Å². The Bertz CT molecular complexity index is 2600. The number of rotatable bonds is 44. The van der Waals surface area contributed by atoms with Crippen molar-refractivity contribution in [1.29, 1.82) is 0 Å². The minimum Gasteiger partial charge on any atom is -0.341 e. The van der Waals surface area contributed by atoms with Crippen LogP contribution in [0.15, 0.2) is 0 Å². The fourth-order valence-corrected chi connectivity index (χ4v) is 18.2. The molecular formula is C81H156N16O4. The van der Waals surface area contributed by atoms with Gasteiger partial charge >= 0.3 is 0 Å². The van der Waals surface area contributed by atoms with Crippen molar-refractivity contribution in [3.05, 3.63) is 0 Å². The van der Waals surface area contributed by atoms with Gasteiger partial charge in [0.05, 0.1) is 26.4 Å². The summed E-state index contributed by atoms with van der Waals surface area (Å²) in [7, 11) is 2.26. The molecule has 0 aromatic carbocycles. The summed E-state index contributed by atoms with van der Waals surface area (Å²) in [6.45, 7) is 67.3. The average molecular weight is 1420 g/mol. The van der Waals surface area contributed by atoms with E-state index in [-0.39, 0.29) is 68.5 Å². The molecule has 0 unspecified atom stereocenters. The molecule has 0 amide bonds. The summed E-state index contributed by atoms with van der Waals surface area (Å²) >= 11 is 0. The number of hydrogen-bond acceptors (Lipinski definition) is 20. The summed E-state index contributed by atoms with van der Waals surface area (Å²) in [5.74, 6) is 4.82. The van der Waals surface area contributed by atoms with Crippen LogP contribution in [0.2, 0.25) is 0 Å². The molecule has 0 atom stereocenters. The summed E-state index contributed by atoms with van der Waals surface area (Å²) < 4.78 is 0. The summed E-state index contributed by atoms with van der Waals surface area (Å²) in [5.41, 5.74) is -1.96. The summed E-state index contributed by atoms with van der Waals surface area (Å²) in [5, 5.41) is 9.28. The molecule has 2 aromatic heterocycles. The monoisotopic (exact) mass is 1420 g/mol. The molecule has 4 saturated heterocycles. The summed E-state index contributed by atoms with van der Waals surface area (Å²) in [4.78, 5) is 76.3. The van der Waals surface area contributed by atoms with Crippen LogP contribution in [-0.4, -0.2) is 198 Å². The molecule has 0 N–H and O–H groups in total. The van der Waals surface area contributed by atoms with E-state index in [1.54, 1.807) is 0 Å². The van der Waals surface area contributed by atoms with Crippen molar-refractivity contribution in [1.82, 2.24) is 50.2 Å². The lowest BCUT2D eigenvalue weighted by Gasteiger charge is -2.56. The Kier molecular flexibility index (Phi) is 32.8. The number of nitrogens with zero attached hydrogens (tertiary/aromatic N) is 16. The maximum atomic E-state index is 6.76. The average Bonchev–Trinajstić information content (AvgIpc) is 0.760. The third kappa shape index (κ3) is 23.0. The summed E-state index contributed by atoms with van der Waals surface area (Å²) in [6, 6.07) is 0.615. The van der Waals surface area contributed by atoms with Gasteiger partial charge in [-0.25, -0.2) is 0 Å². The van der Waals surface area contributed by atoms with Crippen LogP contribution in [0.1, 0.15) is 340 Å². The highest BCUT2D eigenvalue weighted by Crippen LogP contribution is 2.47. The molecule has 0 spiro atoms. The number of hydroxylamine groups is 8. The number of anilines is 6. The van der Waals surface area contributed by atoms with Gasteiger partial charge in [0.25, 0.3) is 0 Å². The van der Waals surface area contributed by atoms with E-state index in [9.17, 15) is 0 Å². The smallest absolute Gasteiger partial charge is 0.232 e. The van der Waals surface area contributed by atoms with Crippen molar-refractivity contribution in [3.8, 4) is 0 Å². The topological polar surface area (TPSA) is 147 Å². The minimum absolute atomic E-state index is 0.123. The van der Waals surface area contributed by atoms with Crippen molar-refractivity contribution in [2.45, 2.75) is 409 Å². The van der Waals surface area contributed by atoms with Crippen LogP contribution in [0.5, 0.6) is 0 Å². The van der Waals surface area contributed by atoms with Crippen LogP contribution in [0.3, 0.4) is 0 Å². The molecule has 6 rings (SSSR count). The van der Waals surface area contributed by atoms with Crippen LogP contribution < -0.4 is 29.4 Å². The second-order valence-electron chi connectivity index (χ2n) is 36.1. The Morgan fingerprint density at radius 2 is 0.475 bits per heavy atom. The first-order chi connectivity index (χ1) is 47.6. The molecule has 4 aliphatic rings. The quantitative estimate of drug-likeness (QED) is 0.0579. The van der Waals surface area contributed by atoms with E-state index in [0.717, 1.165) is 248 Å². The van der Waals surface area contributed by atoms with Crippen LogP contribution in [0.25, 0.3) is 0 Å². The van der Waals surface area contributed by atoms with Gasteiger partial charge < -0.3 is 29.4 Å². The molecule has 0 saturated carbocycles. The summed E-state index contributed by atoms with van der Waals surface area (Å²) in [6.07, 6.45) is 26.2. The fraction of sp³-hybridized carbons (Fsp3) is 0.926. The lowest BCUT2D eigenvalue weighted by molar-refractivity contribution is -0.282. The molecule has 584 valence electrons. The third-order valence-electron chi connectivity index (χ3n) is 22.1. The molecule has 0 radical (unpaired) electrons. The van der Waals surface area contributed by atoms with Crippen LogP contribution in [-0.2, 0) is 19.4 Å². The molecule has 6 heterocycles. The molecule has 20 nitrogen and oxygen atoms in total. The Hall–Kier alpha value is -3.50. The molecule has 0 aliphatic carbocycles. The van der Waals surface area contributed by atoms with Gasteiger partial charge in [0, 0.05) is 121 Å². The maximum absolute atomic E-state index is 6.76. The van der Waals surface area contributed by atoms with Gasteiger partial charge in [0.1, 0.15) is 0 Å². The van der Waals surface area contributed by atoms with E-state index < -0.39 is 0 Å². The van der Waals surface area contributed by atoms with Gasteiger partial charge in [0.15, 0.2) is 0 Å². The highest BCUT2D eigenvalue weighted by Gasteiger charge is 2.53. The first-order valence-electron chi connectivity index (χ1n) is 41.4. The van der Waals surface area contributed by atoms with E-state index in [2.05, 4.69) is 230 Å². The molecule has 0 bridgehead atoms. The van der Waals surface area contributed by atoms with Gasteiger partial charge in [-0.2, -0.15) is 50.2 Å². The maximum Gasteiger partial charge on any atom is 0.232 e. The highest BCUT2D eigenvalue weighted by molar-refractivity contribution is 5.50. The lowest BCUT2D eigenvalue weighted by atomic mass is 9.78. The first kappa shape index (κ1) is 86.4. The largest absolute Gasteiger partial charge is 0.341 e. The Balaban J connectivity index is 1.48. The van der Waals surface area contributed by atoms with Crippen LogP contribution >= 0.6 is 0 Å². The highest BCUT2D eigenvalue weighted by atomic mass is 16.7. The second-order valence-corrected chi connectivity index (χ2v) is 36.1. The Morgan fingerprint density at radius 3 is 0.723 bits per heavy atom. The lowest BCUT2D eigenvalue weighted by Crippen LogP contribution is -2.64. The van der Waals surface area contributed by atoms with Crippen molar-refractivity contribution < 1.29 is 19.4 Å². The predicted molar refractivity (Wildman–Crippen MR) is 425 cm³/mol. The standard InChI is InChI=1S/C81H156N16O4/c1-27-36-45-89(46-37-28-2)69-84-70(90(47-38-29-3)48-39-30-4)86-73(85-69)93(67-62-80(22,23)97(101-55-35-9)81(24,25)63-67)51-44-42-41-43-50-92(66-60-78(18,19)96(100-54-34-8)79(20,21)61-66)72-83-68(88(26)64-56-74(10,11)94(98-52-32-6)75(12,13)57-64)82-71(87-72)91(49-40-31-5)65-58-76(14,15)95(99-53-33-7)77(16,17)59-65/h64-67H,27-63H2,1-26H3. The van der Waals surface area contributed by atoms with Crippen molar-refractivity contribution in [2.75, 3.05) is 109 Å². The number of aromatic nitrogens is 6. The molecule has 4 fully saturated rings. The first-order valence-corrected chi connectivity index (χ1v) is 41.4. The predicted octanol–water partition coefficient (Wildman–Crippen LogP) is 18.2. The van der Waals surface area contributed by atoms with Gasteiger partial charge in [-0.15, -0.1) is 0 Å². The van der Waals surface area contributed by atoms with Crippen LogP contribution in [0, 0.1) is 0 Å². The van der Waals surface area contributed by atoms with Crippen molar-refractivity contribution >= 4 is 35.7 Å². The van der Waals surface area contributed by atoms with Gasteiger partial charge in [-0.3, -0.25) is 19.4 Å². The van der Waals surface area contributed by atoms with E-state index in [1.165, 1.54) is 0 Å². The van der Waals surface area contributed by atoms with Crippen molar-refractivity contribution in [2.24, 2.45) is 0 Å². The van der Waals surface area contributed by atoms with Crippen LogP contribution in [0.4, 0.5) is 35.7 Å². The molecule has 4 aliphatic heterocycles. The number of hydrogen-bond donors (Lipinski definition) is 0. The van der Waals surface area contributed by atoms with Gasteiger partial charge in [-0.1, -0.05) is 107 Å².